The summed E-state index contributed by atoms with van der Waals surface area (Å²) in [5, 5.41) is 11.2. The number of esters is 1. The van der Waals surface area contributed by atoms with E-state index in [0.29, 0.717) is 27.5 Å². The van der Waals surface area contributed by atoms with E-state index in [-0.39, 0.29) is 19.1 Å². The number of nitrogens with one attached hydrogen (secondary N) is 1. The Bertz CT molecular complexity index is 1180. The minimum atomic E-state index is -0.624. The lowest BCUT2D eigenvalue weighted by atomic mass is 10.1. The van der Waals surface area contributed by atoms with Crippen molar-refractivity contribution in [3.05, 3.63) is 64.7 Å². The van der Waals surface area contributed by atoms with Gasteiger partial charge in [0.1, 0.15) is 11.4 Å². The lowest BCUT2D eigenvalue weighted by molar-refractivity contribution is -0.145. The second kappa shape index (κ2) is 9.86. The molecule has 0 aliphatic carbocycles. The van der Waals surface area contributed by atoms with E-state index in [1.165, 1.54) is 11.8 Å². The molecule has 0 bridgehead atoms. The van der Waals surface area contributed by atoms with Crippen molar-refractivity contribution in [2.24, 2.45) is 10.1 Å². The number of hydrogen-bond donors (Lipinski definition) is 1. The van der Waals surface area contributed by atoms with Crippen LogP contribution in [0, 0.1) is 0 Å². The molecule has 0 radical (unpaired) electrons. The van der Waals surface area contributed by atoms with Crippen LogP contribution >= 0.6 is 11.8 Å². The summed E-state index contributed by atoms with van der Waals surface area (Å²) < 4.78 is 10.7. The number of rotatable bonds is 7. The summed E-state index contributed by atoms with van der Waals surface area (Å²) in [5.41, 5.74) is 1.13. The fourth-order valence-corrected chi connectivity index (χ4v) is 4.17. The van der Waals surface area contributed by atoms with Gasteiger partial charge in [-0.1, -0.05) is 55.1 Å². The fourth-order valence-electron chi connectivity index (χ4n) is 3.46. The molecule has 0 unspecified atom stereocenters. The molecule has 32 heavy (non-hydrogen) atoms. The van der Waals surface area contributed by atoms with Crippen LogP contribution in [0.5, 0.6) is 5.75 Å². The first-order valence-electron chi connectivity index (χ1n) is 10.5. The van der Waals surface area contributed by atoms with Gasteiger partial charge in [0.15, 0.2) is 17.9 Å². The van der Waals surface area contributed by atoms with Gasteiger partial charge in [-0.2, -0.15) is 0 Å². The zero-order valence-electron chi connectivity index (χ0n) is 17.9. The van der Waals surface area contributed by atoms with E-state index in [1.807, 2.05) is 42.5 Å². The maximum atomic E-state index is 13.1. The number of ether oxygens (including phenoxy) is 2. The van der Waals surface area contributed by atoms with Gasteiger partial charge in [0.25, 0.3) is 5.91 Å². The third kappa shape index (κ3) is 4.47. The average molecular weight is 453 g/mol. The number of thioether (sulfide) groups is 1. The zero-order valence-corrected chi connectivity index (χ0v) is 18.7. The van der Waals surface area contributed by atoms with E-state index in [1.54, 1.807) is 18.0 Å². The highest BCUT2D eigenvalue weighted by Crippen LogP contribution is 2.35. The number of hydrazone groups is 1. The van der Waals surface area contributed by atoms with E-state index in [9.17, 15) is 9.59 Å². The van der Waals surface area contributed by atoms with E-state index in [4.69, 9.17) is 19.6 Å². The predicted octanol–water partition coefficient (Wildman–Crippen LogP) is 1.91. The molecule has 2 aromatic rings. The summed E-state index contributed by atoms with van der Waals surface area (Å²) in [6.45, 7) is 3.88. The third-order valence-electron chi connectivity index (χ3n) is 4.81. The monoisotopic (exact) mass is 452 g/mol. The second-order valence-corrected chi connectivity index (χ2v) is 8.14. The molecule has 4 rings (SSSR count). The van der Waals surface area contributed by atoms with Crippen molar-refractivity contribution in [3.63, 3.8) is 0 Å². The topological polar surface area (TPSA) is 92.6 Å². The van der Waals surface area contributed by atoms with Crippen molar-refractivity contribution >= 4 is 34.5 Å². The number of amidine groups is 1. The van der Waals surface area contributed by atoms with Gasteiger partial charge in [-0.3, -0.25) is 15.1 Å². The lowest BCUT2D eigenvalue weighted by Gasteiger charge is -2.34. The molecule has 8 nitrogen and oxygen atoms in total. The molecule has 0 aromatic heterocycles. The highest BCUT2D eigenvalue weighted by molar-refractivity contribution is 8.13. The number of nitrogens with zero attached hydrogens (tertiary/aromatic N) is 3. The summed E-state index contributed by atoms with van der Waals surface area (Å²) in [7, 11) is 0. The van der Waals surface area contributed by atoms with Crippen molar-refractivity contribution in [2.45, 2.75) is 26.4 Å². The Morgan fingerprint density at radius 1 is 1.16 bits per heavy atom. The first-order valence-corrected chi connectivity index (χ1v) is 11.5. The number of carbonyl (C=O) groups excluding carboxylic acids is 2. The maximum absolute atomic E-state index is 13.1. The van der Waals surface area contributed by atoms with Crippen LogP contribution in [-0.4, -0.2) is 41.0 Å². The molecule has 0 saturated carbocycles. The molecule has 9 heteroatoms. The zero-order chi connectivity index (χ0) is 22.5. The largest absolute Gasteiger partial charge is 0.481 e. The van der Waals surface area contributed by atoms with Gasteiger partial charge < -0.3 is 9.47 Å². The van der Waals surface area contributed by atoms with Crippen LogP contribution in [0.3, 0.4) is 0 Å². The quantitative estimate of drug-likeness (QED) is 0.646. The van der Waals surface area contributed by atoms with Crippen molar-refractivity contribution in [3.8, 4) is 5.75 Å². The summed E-state index contributed by atoms with van der Waals surface area (Å²) in [5.74, 6) is 0.641. The van der Waals surface area contributed by atoms with Gasteiger partial charge in [0.2, 0.25) is 0 Å². The Morgan fingerprint density at radius 3 is 2.75 bits per heavy atom. The van der Waals surface area contributed by atoms with E-state index in [2.05, 4.69) is 12.2 Å². The minimum absolute atomic E-state index is 0.216. The number of benzene rings is 2. The Balaban J connectivity index is 1.79. The summed E-state index contributed by atoms with van der Waals surface area (Å²) in [6, 6.07) is 14.8. The Kier molecular flexibility index (Phi) is 6.75. The first kappa shape index (κ1) is 21.9. The summed E-state index contributed by atoms with van der Waals surface area (Å²) >= 11 is 1.49. The molecule has 166 valence electrons. The number of carbonyl (C=O) groups is 2. The van der Waals surface area contributed by atoms with Crippen LogP contribution < -0.4 is 20.6 Å². The average Bonchev–Trinajstić information content (AvgIpc) is 2.81. The molecular weight excluding hydrogens is 428 g/mol. The Labute approximate surface area is 190 Å². The number of hydrogen-bond acceptors (Lipinski definition) is 8. The van der Waals surface area contributed by atoms with Crippen LogP contribution in [0.1, 0.15) is 32.0 Å². The minimum Gasteiger partial charge on any atom is -0.481 e. The van der Waals surface area contributed by atoms with E-state index >= 15 is 0 Å². The van der Waals surface area contributed by atoms with Gasteiger partial charge in [0.05, 0.1) is 12.0 Å². The van der Waals surface area contributed by atoms with Crippen molar-refractivity contribution in [1.29, 1.82) is 0 Å². The molecular formula is C23H24N4O4S. The predicted molar refractivity (Wildman–Crippen MR) is 122 cm³/mol. The fraction of sp³-hybridized carbons (Fsp3) is 0.304. The highest BCUT2D eigenvalue weighted by atomic mass is 32.2. The normalized spacial score (nSPS) is 16.9. The molecule has 0 saturated heterocycles. The molecule has 1 N–H and O–H groups in total. The SMILES string of the molecule is CCCSC1=NN2C(=c3ccccc3=N[C@@H]2c2ccccc2OCC(=O)OCC)C(=O)N1. The van der Waals surface area contributed by atoms with Gasteiger partial charge >= 0.3 is 5.97 Å². The molecule has 2 aliphatic heterocycles. The molecule has 0 spiro atoms. The molecule has 1 atom stereocenters. The van der Waals surface area contributed by atoms with Crippen LogP contribution in [-0.2, 0) is 14.3 Å². The summed E-state index contributed by atoms with van der Waals surface area (Å²) in [6.07, 6.45) is 0.332. The highest BCUT2D eigenvalue weighted by Gasteiger charge is 2.35. The summed E-state index contributed by atoms with van der Waals surface area (Å²) in [4.78, 5) is 29.8. The standard InChI is InChI=1S/C23H24N4O4S/c1-3-13-32-23-25-22(29)20-15-9-5-7-11-17(15)24-21(27(20)26-23)16-10-6-8-12-18(16)31-14-19(28)30-4-2/h5-12,21H,3-4,13-14H2,1-2H3,(H,25,26,29)/t21-/m0/s1. The van der Waals surface area contributed by atoms with Crippen LogP contribution in [0.15, 0.2) is 58.6 Å². The molecule has 2 aliphatic rings. The van der Waals surface area contributed by atoms with Crippen LogP contribution in [0.2, 0.25) is 0 Å². The molecule has 2 heterocycles. The number of fused-ring (bicyclic) bond motifs is 2. The van der Waals surface area contributed by atoms with Crippen molar-refractivity contribution < 1.29 is 19.1 Å². The molecule has 1 amide bonds. The maximum Gasteiger partial charge on any atom is 0.344 e. The first-order chi connectivity index (χ1) is 15.6. The molecule has 2 aromatic carbocycles. The second-order valence-electron chi connectivity index (χ2n) is 7.05. The van der Waals surface area contributed by atoms with E-state index in [0.717, 1.165) is 17.4 Å². The van der Waals surface area contributed by atoms with Gasteiger partial charge in [-0.25, -0.2) is 9.80 Å². The smallest absolute Gasteiger partial charge is 0.344 e. The lowest BCUT2D eigenvalue weighted by Crippen LogP contribution is -2.50. The Hall–Kier alpha value is -3.33. The number of para-hydroxylation sites is 2. The van der Waals surface area contributed by atoms with Crippen LogP contribution in [0.25, 0.3) is 5.70 Å². The van der Waals surface area contributed by atoms with E-state index < -0.39 is 12.1 Å². The van der Waals surface area contributed by atoms with Gasteiger partial charge in [0, 0.05) is 16.5 Å². The molecule has 0 fully saturated rings. The van der Waals surface area contributed by atoms with Crippen molar-refractivity contribution in [1.82, 2.24) is 10.3 Å². The van der Waals surface area contributed by atoms with Crippen LogP contribution in [0.4, 0.5) is 0 Å². The Morgan fingerprint density at radius 2 is 1.94 bits per heavy atom. The van der Waals surface area contributed by atoms with Gasteiger partial charge in [-0.05, 0) is 25.5 Å². The van der Waals surface area contributed by atoms with Crippen molar-refractivity contribution in [2.75, 3.05) is 19.0 Å². The third-order valence-corrected chi connectivity index (χ3v) is 5.88. The van der Waals surface area contributed by atoms with Gasteiger partial charge in [-0.15, -0.1) is 5.10 Å². The number of amides is 1.